The number of rotatable bonds is 8. The SMILES string of the molecule is CCC[C@H](C)c1nc(N2CCN(C(=O)c3c(OC)cccc3OC)CC2)c2c(C)nn(-c3ccc(F)cc3)c2n1. The van der Waals surface area contributed by atoms with Gasteiger partial charge in [0.25, 0.3) is 5.91 Å². The number of hydrogen-bond donors (Lipinski definition) is 0. The Bertz CT molecular complexity index is 1490. The second-order valence-electron chi connectivity index (χ2n) is 10.1. The van der Waals surface area contributed by atoms with Gasteiger partial charge in [0.15, 0.2) is 5.65 Å². The zero-order valence-corrected chi connectivity index (χ0v) is 23.6. The molecule has 3 heterocycles. The molecule has 1 aliphatic heterocycles. The van der Waals surface area contributed by atoms with Crippen molar-refractivity contribution in [1.82, 2.24) is 24.6 Å². The molecule has 2 aromatic heterocycles. The van der Waals surface area contributed by atoms with Crippen molar-refractivity contribution >= 4 is 22.8 Å². The van der Waals surface area contributed by atoms with Gasteiger partial charge in [-0.3, -0.25) is 4.79 Å². The number of carbonyl (C=O) groups excluding carboxylic acids is 1. The fourth-order valence-corrected chi connectivity index (χ4v) is 5.29. The van der Waals surface area contributed by atoms with Crippen LogP contribution in [0.1, 0.15) is 54.5 Å². The zero-order chi connectivity index (χ0) is 28.4. The van der Waals surface area contributed by atoms with Gasteiger partial charge in [0.2, 0.25) is 0 Å². The maximum absolute atomic E-state index is 13.7. The van der Waals surface area contributed by atoms with E-state index in [9.17, 15) is 9.18 Å². The predicted molar refractivity (Wildman–Crippen MR) is 152 cm³/mol. The summed E-state index contributed by atoms with van der Waals surface area (Å²) < 4.78 is 26.4. The van der Waals surface area contributed by atoms with Gasteiger partial charge >= 0.3 is 0 Å². The molecule has 5 rings (SSSR count). The molecule has 4 aromatic rings. The van der Waals surface area contributed by atoms with Gasteiger partial charge in [0, 0.05) is 32.1 Å². The number of piperazine rings is 1. The predicted octanol–water partition coefficient (Wildman–Crippen LogP) is 5.15. The van der Waals surface area contributed by atoms with Gasteiger partial charge in [-0.05, 0) is 49.7 Å². The highest BCUT2D eigenvalue weighted by molar-refractivity contribution is 6.00. The lowest BCUT2D eigenvalue weighted by Gasteiger charge is -2.36. The molecule has 0 bridgehead atoms. The molecule has 210 valence electrons. The maximum Gasteiger partial charge on any atom is 0.261 e. The first-order chi connectivity index (χ1) is 19.4. The summed E-state index contributed by atoms with van der Waals surface area (Å²) in [5.41, 5.74) is 2.66. The molecule has 1 amide bonds. The molecule has 40 heavy (non-hydrogen) atoms. The monoisotopic (exact) mass is 546 g/mol. The highest BCUT2D eigenvalue weighted by atomic mass is 19.1. The van der Waals surface area contributed by atoms with Crippen LogP contribution in [-0.4, -0.2) is 71.0 Å². The van der Waals surface area contributed by atoms with Crippen LogP contribution >= 0.6 is 0 Å². The van der Waals surface area contributed by atoms with E-state index in [0.29, 0.717) is 48.9 Å². The zero-order valence-electron chi connectivity index (χ0n) is 23.6. The molecule has 0 radical (unpaired) electrons. The normalized spacial score (nSPS) is 14.4. The summed E-state index contributed by atoms with van der Waals surface area (Å²) in [7, 11) is 3.10. The van der Waals surface area contributed by atoms with Crippen LogP contribution in [-0.2, 0) is 0 Å². The van der Waals surface area contributed by atoms with E-state index in [-0.39, 0.29) is 17.6 Å². The van der Waals surface area contributed by atoms with Gasteiger partial charge < -0.3 is 19.3 Å². The van der Waals surface area contributed by atoms with Crippen LogP contribution in [0.3, 0.4) is 0 Å². The largest absolute Gasteiger partial charge is 0.496 e. The lowest BCUT2D eigenvalue weighted by atomic mass is 10.1. The number of amides is 1. The van der Waals surface area contributed by atoms with E-state index >= 15 is 0 Å². The van der Waals surface area contributed by atoms with Gasteiger partial charge in [0.05, 0.1) is 31.0 Å². The summed E-state index contributed by atoms with van der Waals surface area (Å²) in [6.45, 7) is 8.44. The molecule has 2 aromatic carbocycles. The third-order valence-electron chi connectivity index (χ3n) is 7.44. The molecular formula is C30H35FN6O3. The summed E-state index contributed by atoms with van der Waals surface area (Å²) in [6.07, 6.45) is 1.97. The Hall–Kier alpha value is -4.21. The number of methoxy groups -OCH3 is 2. The second kappa shape index (κ2) is 11.5. The first-order valence-electron chi connectivity index (χ1n) is 13.6. The quantitative estimate of drug-likeness (QED) is 0.302. The smallest absolute Gasteiger partial charge is 0.261 e. The average molecular weight is 547 g/mol. The topological polar surface area (TPSA) is 85.6 Å². The summed E-state index contributed by atoms with van der Waals surface area (Å²) >= 11 is 0. The first kappa shape index (κ1) is 27.4. The van der Waals surface area contributed by atoms with Gasteiger partial charge in [0.1, 0.15) is 34.5 Å². The lowest BCUT2D eigenvalue weighted by molar-refractivity contribution is 0.0739. The second-order valence-corrected chi connectivity index (χ2v) is 10.1. The third-order valence-corrected chi connectivity index (χ3v) is 7.44. The van der Waals surface area contributed by atoms with E-state index in [1.54, 1.807) is 49.2 Å². The van der Waals surface area contributed by atoms with Crippen molar-refractivity contribution in [3.05, 3.63) is 65.4 Å². The van der Waals surface area contributed by atoms with E-state index in [1.165, 1.54) is 12.1 Å². The van der Waals surface area contributed by atoms with Gasteiger partial charge in [-0.25, -0.2) is 19.0 Å². The molecule has 0 unspecified atom stereocenters. The Balaban J connectivity index is 1.50. The van der Waals surface area contributed by atoms with Crippen LogP contribution < -0.4 is 14.4 Å². The highest BCUT2D eigenvalue weighted by Gasteiger charge is 2.30. The Kier molecular flexibility index (Phi) is 7.86. The molecule has 1 fully saturated rings. The van der Waals surface area contributed by atoms with Crippen molar-refractivity contribution in [1.29, 1.82) is 0 Å². The Morgan fingerprint density at radius 2 is 1.65 bits per heavy atom. The Morgan fingerprint density at radius 1 is 1.00 bits per heavy atom. The Labute approximate surface area is 233 Å². The molecule has 1 saturated heterocycles. The number of aromatic nitrogens is 4. The number of hydrogen-bond acceptors (Lipinski definition) is 7. The first-order valence-corrected chi connectivity index (χ1v) is 13.6. The molecule has 0 N–H and O–H groups in total. The number of halogens is 1. The summed E-state index contributed by atoms with van der Waals surface area (Å²) in [4.78, 5) is 27.6. The fourth-order valence-electron chi connectivity index (χ4n) is 5.29. The van der Waals surface area contributed by atoms with Crippen molar-refractivity contribution in [3.8, 4) is 17.2 Å². The number of anilines is 1. The Morgan fingerprint density at radius 3 is 2.25 bits per heavy atom. The minimum absolute atomic E-state index is 0.126. The van der Waals surface area contributed by atoms with Crippen LogP contribution in [0.4, 0.5) is 10.2 Å². The van der Waals surface area contributed by atoms with Crippen LogP contribution in [0.25, 0.3) is 16.7 Å². The molecule has 0 aliphatic carbocycles. The lowest BCUT2D eigenvalue weighted by Crippen LogP contribution is -2.49. The van der Waals surface area contributed by atoms with Crippen molar-refractivity contribution < 1.29 is 18.7 Å². The van der Waals surface area contributed by atoms with Crippen LogP contribution in [0.15, 0.2) is 42.5 Å². The van der Waals surface area contributed by atoms with Crippen LogP contribution in [0.5, 0.6) is 11.5 Å². The van der Waals surface area contributed by atoms with Crippen LogP contribution in [0.2, 0.25) is 0 Å². The van der Waals surface area contributed by atoms with Crippen molar-refractivity contribution in [2.75, 3.05) is 45.3 Å². The average Bonchev–Trinajstić information content (AvgIpc) is 3.32. The van der Waals surface area contributed by atoms with Crippen molar-refractivity contribution in [3.63, 3.8) is 0 Å². The molecule has 1 atom stereocenters. The number of aryl methyl sites for hydroxylation is 1. The molecule has 9 nitrogen and oxygen atoms in total. The van der Waals surface area contributed by atoms with E-state index in [2.05, 4.69) is 18.7 Å². The maximum atomic E-state index is 13.7. The van der Waals surface area contributed by atoms with Crippen molar-refractivity contribution in [2.45, 2.75) is 39.5 Å². The molecular weight excluding hydrogens is 511 g/mol. The minimum atomic E-state index is -0.303. The number of fused-ring (bicyclic) bond motifs is 1. The summed E-state index contributed by atoms with van der Waals surface area (Å²) in [6, 6.07) is 11.6. The standard InChI is InChI=1S/C30H35FN6O3/c1-6-8-19(2)27-32-28(25-20(3)34-37(29(25)33-27)22-13-11-21(31)12-14-22)35-15-17-36(18-16-35)30(38)26-23(39-4)9-7-10-24(26)40-5/h7,9-14,19H,6,8,15-18H2,1-5H3/t19-/m0/s1. The van der Waals surface area contributed by atoms with Gasteiger partial charge in [-0.15, -0.1) is 0 Å². The summed E-state index contributed by atoms with van der Waals surface area (Å²) in [5.74, 6) is 2.28. The van der Waals surface area contributed by atoms with E-state index in [4.69, 9.17) is 24.5 Å². The van der Waals surface area contributed by atoms with Gasteiger partial charge in [-0.2, -0.15) is 5.10 Å². The van der Waals surface area contributed by atoms with Gasteiger partial charge in [-0.1, -0.05) is 26.3 Å². The molecule has 0 spiro atoms. The third kappa shape index (κ3) is 5.05. The number of ether oxygens (including phenoxy) is 2. The van der Waals surface area contributed by atoms with E-state index in [0.717, 1.165) is 41.3 Å². The molecule has 0 saturated carbocycles. The highest BCUT2D eigenvalue weighted by Crippen LogP contribution is 2.33. The fraction of sp³-hybridized carbons (Fsp3) is 0.400. The molecule has 10 heteroatoms. The van der Waals surface area contributed by atoms with E-state index in [1.807, 2.05) is 11.8 Å². The number of carbonyl (C=O) groups is 1. The number of nitrogens with zero attached hydrogens (tertiary/aromatic N) is 6. The van der Waals surface area contributed by atoms with E-state index < -0.39 is 0 Å². The molecule has 1 aliphatic rings. The number of benzene rings is 2. The summed E-state index contributed by atoms with van der Waals surface area (Å²) in [5, 5.41) is 5.65. The van der Waals surface area contributed by atoms with Crippen LogP contribution in [0, 0.1) is 12.7 Å². The van der Waals surface area contributed by atoms with Crippen molar-refractivity contribution in [2.24, 2.45) is 0 Å². The minimum Gasteiger partial charge on any atom is -0.496 e.